The first-order chi connectivity index (χ1) is 20.2. The standard InChI is InChI=1S/C34H43F2N3O3/c1-22(2)33(41)32(24-7-4-3-5-8-24)39-16-14-23-10-11-25(17-29(23)34(39)42)27-9-6-15-38(21-27)31(40)20-37-19-26-12-13-28(35)18-30(26)36/h10-13,17-18,22,24,27,32,37H,3-9,14-16,19-21H2,1-2H3/t27?,32-/m1/s1. The molecule has 0 spiro atoms. The van der Waals surface area contributed by atoms with Crippen LogP contribution in [-0.4, -0.2) is 59.6 Å². The van der Waals surface area contributed by atoms with Crippen molar-refractivity contribution in [1.29, 1.82) is 0 Å². The van der Waals surface area contributed by atoms with E-state index in [1.54, 1.807) is 0 Å². The number of amides is 2. The van der Waals surface area contributed by atoms with Crippen LogP contribution in [0.2, 0.25) is 0 Å². The van der Waals surface area contributed by atoms with Crippen LogP contribution in [0.4, 0.5) is 8.78 Å². The van der Waals surface area contributed by atoms with Crippen LogP contribution in [0, 0.1) is 23.5 Å². The Kier molecular flexibility index (Phi) is 9.71. The van der Waals surface area contributed by atoms with E-state index < -0.39 is 11.6 Å². The Labute approximate surface area is 247 Å². The molecule has 2 atom stereocenters. The van der Waals surface area contributed by atoms with Crippen LogP contribution >= 0.6 is 0 Å². The smallest absolute Gasteiger partial charge is 0.254 e. The predicted molar refractivity (Wildman–Crippen MR) is 158 cm³/mol. The van der Waals surface area contributed by atoms with Crippen LogP contribution in [0.15, 0.2) is 36.4 Å². The molecular formula is C34H43F2N3O3. The summed E-state index contributed by atoms with van der Waals surface area (Å²) in [5.74, 6) is -0.970. The zero-order chi connectivity index (χ0) is 29.8. The van der Waals surface area contributed by atoms with E-state index in [0.717, 1.165) is 62.1 Å². The molecule has 226 valence electrons. The minimum absolute atomic E-state index is 0.0383. The molecule has 1 N–H and O–H groups in total. The van der Waals surface area contributed by atoms with Crippen molar-refractivity contribution in [3.63, 3.8) is 0 Å². The van der Waals surface area contributed by atoms with E-state index in [-0.39, 0.29) is 54.5 Å². The number of rotatable bonds is 9. The van der Waals surface area contributed by atoms with Crippen molar-refractivity contribution in [2.75, 3.05) is 26.2 Å². The fourth-order valence-electron chi connectivity index (χ4n) is 7.02. The molecule has 3 aliphatic rings. The first-order valence-corrected chi connectivity index (χ1v) is 15.6. The highest BCUT2D eigenvalue weighted by Crippen LogP contribution is 2.35. The number of hydrogen-bond acceptors (Lipinski definition) is 4. The Morgan fingerprint density at radius 3 is 2.50 bits per heavy atom. The summed E-state index contributed by atoms with van der Waals surface area (Å²) in [6, 6.07) is 9.23. The summed E-state index contributed by atoms with van der Waals surface area (Å²) in [6.07, 6.45) is 7.95. The number of hydrogen-bond donors (Lipinski definition) is 1. The predicted octanol–water partition coefficient (Wildman–Crippen LogP) is 5.63. The third-order valence-electron chi connectivity index (χ3n) is 9.39. The largest absolute Gasteiger partial charge is 0.341 e. The maximum atomic E-state index is 14.0. The molecule has 2 aliphatic heterocycles. The average Bonchev–Trinajstić information content (AvgIpc) is 3.00. The van der Waals surface area contributed by atoms with Gasteiger partial charge in [-0.3, -0.25) is 14.4 Å². The van der Waals surface area contributed by atoms with Crippen molar-refractivity contribution in [3.05, 3.63) is 70.3 Å². The average molecular weight is 580 g/mol. The quantitative estimate of drug-likeness (QED) is 0.418. The van der Waals surface area contributed by atoms with Gasteiger partial charge in [-0.1, -0.05) is 51.3 Å². The molecule has 2 aromatic carbocycles. The van der Waals surface area contributed by atoms with Gasteiger partial charge in [0, 0.05) is 55.2 Å². The van der Waals surface area contributed by atoms with Gasteiger partial charge in [-0.2, -0.15) is 0 Å². The Morgan fingerprint density at radius 2 is 1.76 bits per heavy atom. The molecule has 2 heterocycles. The van der Waals surface area contributed by atoms with Gasteiger partial charge in [0.1, 0.15) is 11.6 Å². The molecule has 2 fully saturated rings. The van der Waals surface area contributed by atoms with Crippen molar-refractivity contribution in [2.45, 2.75) is 83.7 Å². The number of ketones is 1. The zero-order valence-electron chi connectivity index (χ0n) is 24.8. The minimum atomic E-state index is -0.632. The number of fused-ring (bicyclic) bond motifs is 1. The second-order valence-electron chi connectivity index (χ2n) is 12.6. The lowest BCUT2D eigenvalue weighted by Crippen LogP contribution is -2.53. The molecular weight excluding hydrogens is 536 g/mol. The zero-order valence-corrected chi connectivity index (χ0v) is 24.8. The van der Waals surface area contributed by atoms with E-state index in [9.17, 15) is 23.2 Å². The van der Waals surface area contributed by atoms with Gasteiger partial charge in [0.2, 0.25) is 5.91 Å². The summed E-state index contributed by atoms with van der Waals surface area (Å²) in [4.78, 5) is 44.1. The maximum Gasteiger partial charge on any atom is 0.254 e. The molecule has 0 bridgehead atoms. The van der Waals surface area contributed by atoms with Gasteiger partial charge in [-0.05, 0) is 61.3 Å². The van der Waals surface area contributed by atoms with E-state index in [2.05, 4.69) is 17.4 Å². The second kappa shape index (κ2) is 13.4. The lowest BCUT2D eigenvalue weighted by Gasteiger charge is -2.41. The van der Waals surface area contributed by atoms with Crippen LogP contribution in [0.25, 0.3) is 0 Å². The molecule has 2 aromatic rings. The topological polar surface area (TPSA) is 69.7 Å². The SMILES string of the molecule is CC(C)C(=O)[C@@H](C1CCCCC1)N1CCc2ccc(C3CCCN(C(=O)CNCc4ccc(F)cc4F)C3)cc2C1=O. The lowest BCUT2D eigenvalue weighted by molar-refractivity contribution is -0.131. The van der Waals surface area contributed by atoms with Crippen molar-refractivity contribution in [1.82, 2.24) is 15.1 Å². The number of Topliss-reactive ketones (excluding diaryl/α,β-unsaturated/α-hetero) is 1. The molecule has 1 saturated carbocycles. The molecule has 5 rings (SSSR count). The summed E-state index contributed by atoms with van der Waals surface area (Å²) in [7, 11) is 0. The van der Waals surface area contributed by atoms with Gasteiger partial charge < -0.3 is 15.1 Å². The van der Waals surface area contributed by atoms with Crippen LogP contribution in [0.1, 0.15) is 91.8 Å². The Balaban J connectivity index is 1.25. The fraction of sp³-hybridized carbons (Fsp3) is 0.559. The third kappa shape index (κ3) is 6.74. The first kappa shape index (κ1) is 30.3. The maximum absolute atomic E-state index is 14.0. The number of carbonyl (C=O) groups excluding carboxylic acids is 3. The summed E-state index contributed by atoms with van der Waals surface area (Å²) < 4.78 is 27.1. The van der Waals surface area contributed by atoms with E-state index in [1.807, 2.05) is 29.7 Å². The van der Waals surface area contributed by atoms with Crippen LogP contribution in [0.3, 0.4) is 0 Å². The molecule has 6 nitrogen and oxygen atoms in total. The number of nitrogens with zero attached hydrogens (tertiary/aromatic N) is 2. The van der Waals surface area contributed by atoms with Gasteiger partial charge in [0.25, 0.3) is 5.91 Å². The van der Waals surface area contributed by atoms with Gasteiger partial charge in [-0.25, -0.2) is 8.78 Å². The first-order valence-electron chi connectivity index (χ1n) is 15.6. The van der Waals surface area contributed by atoms with Crippen molar-refractivity contribution < 1.29 is 23.2 Å². The number of likely N-dealkylation sites (tertiary alicyclic amines) is 1. The summed E-state index contributed by atoms with van der Waals surface area (Å²) in [6.45, 7) is 5.86. The molecule has 42 heavy (non-hydrogen) atoms. The Bertz CT molecular complexity index is 1310. The molecule has 1 saturated heterocycles. The number of nitrogens with one attached hydrogen (secondary N) is 1. The Hall–Kier alpha value is -3.13. The van der Waals surface area contributed by atoms with E-state index in [1.165, 1.54) is 18.6 Å². The number of benzene rings is 2. The minimum Gasteiger partial charge on any atom is -0.341 e. The molecule has 8 heteroatoms. The number of halogens is 2. The van der Waals surface area contributed by atoms with Gasteiger partial charge in [0.15, 0.2) is 5.78 Å². The van der Waals surface area contributed by atoms with Gasteiger partial charge >= 0.3 is 0 Å². The second-order valence-corrected chi connectivity index (χ2v) is 12.6. The number of carbonyl (C=O) groups is 3. The molecule has 2 amide bonds. The van der Waals surface area contributed by atoms with Crippen LogP contribution in [-0.2, 0) is 22.6 Å². The Morgan fingerprint density at radius 1 is 0.976 bits per heavy atom. The lowest BCUT2D eigenvalue weighted by atomic mass is 9.78. The van der Waals surface area contributed by atoms with E-state index >= 15 is 0 Å². The molecule has 1 aliphatic carbocycles. The highest BCUT2D eigenvalue weighted by molar-refractivity contribution is 6.00. The summed E-state index contributed by atoms with van der Waals surface area (Å²) in [5.41, 5.74) is 3.09. The van der Waals surface area contributed by atoms with Crippen molar-refractivity contribution >= 4 is 17.6 Å². The van der Waals surface area contributed by atoms with Gasteiger partial charge in [0.05, 0.1) is 12.6 Å². The van der Waals surface area contributed by atoms with Crippen LogP contribution in [0.5, 0.6) is 0 Å². The van der Waals surface area contributed by atoms with Crippen molar-refractivity contribution in [2.24, 2.45) is 11.8 Å². The fourth-order valence-corrected chi connectivity index (χ4v) is 7.02. The van der Waals surface area contributed by atoms with E-state index in [0.29, 0.717) is 30.8 Å². The van der Waals surface area contributed by atoms with Crippen molar-refractivity contribution in [3.8, 4) is 0 Å². The van der Waals surface area contributed by atoms with E-state index in [4.69, 9.17) is 0 Å². The normalized spacial score (nSPS) is 20.5. The molecule has 0 aromatic heterocycles. The molecule has 0 radical (unpaired) electrons. The number of piperidine rings is 1. The monoisotopic (exact) mass is 579 g/mol. The summed E-state index contributed by atoms with van der Waals surface area (Å²) >= 11 is 0. The van der Waals surface area contributed by atoms with Crippen LogP contribution < -0.4 is 5.32 Å². The highest BCUT2D eigenvalue weighted by Gasteiger charge is 2.40. The third-order valence-corrected chi connectivity index (χ3v) is 9.39. The highest BCUT2D eigenvalue weighted by atomic mass is 19.1. The van der Waals surface area contributed by atoms with Gasteiger partial charge in [-0.15, -0.1) is 0 Å². The summed E-state index contributed by atoms with van der Waals surface area (Å²) in [5, 5.41) is 2.99. The molecule has 1 unspecified atom stereocenters.